The summed E-state index contributed by atoms with van der Waals surface area (Å²) in [5, 5.41) is 2.81. The fraction of sp³-hybridized carbons (Fsp3) is 0.200. The van der Waals surface area contributed by atoms with E-state index < -0.39 is 22.1 Å². The Morgan fingerprint density at radius 3 is 2.19 bits per heavy atom. The fourth-order valence-corrected chi connectivity index (χ4v) is 4.10. The zero-order chi connectivity index (χ0) is 26.0. The van der Waals surface area contributed by atoms with Crippen LogP contribution in [0, 0.1) is 0 Å². The number of aryl methyl sites for hydroxylation is 1. The van der Waals surface area contributed by atoms with Crippen molar-refractivity contribution in [1.29, 1.82) is 0 Å². The van der Waals surface area contributed by atoms with E-state index in [1.165, 1.54) is 42.0 Å². The standard InChI is InChI=1S/C25H25N3O7S/c1-34-25(31)35-22-15-12-20(17-27-22)24(30)28-36(32,33)21-13-10-19(11-14-21)23(29)26-16-6-5-9-18-7-3-2-4-8-18/h2-4,7-8,10-15,17H,5-6,9,16H2,1H3,(H,26,29)(H,28,30). The van der Waals surface area contributed by atoms with Crippen LogP contribution in [0.15, 0.2) is 77.8 Å². The number of pyridine rings is 1. The van der Waals surface area contributed by atoms with Crippen molar-refractivity contribution in [3.8, 4) is 5.88 Å². The Morgan fingerprint density at radius 2 is 1.56 bits per heavy atom. The molecule has 0 radical (unpaired) electrons. The smallest absolute Gasteiger partial charge is 0.437 e. The Kier molecular flexibility index (Phi) is 9.12. The lowest BCUT2D eigenvalue weighted by Crippen LogP contribution is -2.30. The van der Waals surface area contributed by atoms with Gasteiger partial charge in [-0.05, 0) is 55.2 Å². The largest absolute Gasteiger partial charge is 0.514 e. The van der Waals surface area contributed by atoms with Crippen molar-refractivity contribution in [1.82, 2.24) is 15.0 Å². The molecule has 36 heavy (non-hydrogen) atoms. The number of aromatic nitrogens is 1. The highest BCUT2D eigenvalue weighted by molar-refractivity contribution is 7.90. The van der Waals surface area contributed by atoms with Crippen LogP contribution in [0.5, 0.6) is 5.88 Å². The van der Waals surface area contributed by atoms with Crippen molar-refractivity contribution < 1.29 is 32.3 Å². The van der Waals surface area contributed by atoms with Crippen molar-refractivity contribution >= 4 is 28.0 Å². The monoisotopic (exact) mass is 511 g/mol. The Morgan fingerprint density at radius 1 is 0.861 bits per heavy atom. The predicted molar refractivity (Wildman–Crippen MR) is 130 cm³/mol. The quantitative estimate of drug-likeness (QED) is 0.313. The summed E-state index contributed by atoms with van der Waals surface area (Å²) >= 11 is 0. The van der Waals surface area contributed by atoms with Crippen LogP contribution in [0.2, 0.25) is 0 Å². The normalized spacial score (nSPS) is 10.8. The number of carbonyl (C=O) groups is 3. The molecular weight excluding hydrogens is 486 g/mol. The summed E-state index contributed by atoms with van der Waals surface area (Å²) in [6, 6.07) is 17.8. The van der Waals surface area contributed by atoms with E-state index in [2.05, 4.69) is 27.2 Å². The summed E-state index contributed by atoms with van der Waals surface area (Å²) in [7, 11) is -3.07. The lowest BCUT2D eigenvalue weighted by atomic mass is 10.1. The molecular formula is C25H25N3O7S. The van der Waals surface area contributed by atoms with Crippen LogP contribution < -0.4 is 14.8 Å². The van der Waals surface area contributed by atoms with Crippen LogP contribution in [0.1, 0.15) is 39.1 Å². The van der Waals surface area contributed by atoms with Crippen LogP contribution in [0.25, 0.3) is 0 Å². The number of nitrogens with zero attached hydrogens (tertiary/aromatic N) is 1. The molecule has 2 aromatic carbocycles. The molecule has 0 bridgehead atoms. The highest BCUT2D eigenvalue weighted by atomic mass is 32.2. The maximum Gasteiger partial charge on any atom is 0.514 e. The van der Waals surface area contributed by atoms with Gasteiger partial charge < -0.3 is 14.8 Å². The van der Waals surface area contributed by atoms with Crippen LogP contribution in [-0.2, 0) is 21.2 Å². The molecule has 0 aliphatic rings. The topological polar surface area (TPSA) is 141 Å². The zero-order valence-electron chi connectivity index (χ0n) is 19.5. The number of sulfonamides is 1. The number of hydrogen-bond acceptors (Lipinski definition) is 8. The molecule has 0 unspecified atom stereocenters. The first-order valence-electron chi connectivity index (χ1n) is 11.0. The summed E-state index contributed by atoms with van der Waals surface area (Å²) < 4.78 is 36.1. The number of unbranched alkanes of at least 4 members (excludes halogenated alkanes) is 1. The second-order valence-electron chi connectivity index (χ2n) is 7.60. The van der Waals surface area contributed by atoms with Gasteiger partial charge in [-0.15, -0.1) is 0 Å². The maximum absolute atomic E-state index is 12.6. The molecule has 2 amide bonds. The van der Waals surface area contributed by atoms with E-state index in [9.17, 15) is 22.8 Å². The molecule has 3 aromatic rings. The molecule has 188 valence electrons. The minimum Gasteiger partial charge on any atom is -0.437 e. The number of ether oxygens (including phenoxy) is 2. The minimum atomic E-state index is -4.20. The first kappa shape index (κ1) is 26.4. The Hall–Kier alpha value is -4.25. The average Bonchev–Trinajstić information content (AvgIpc) is 2.89. The Bertz CT molecular complexity index is 1290. The second-order valence-corrected chi connectivity index (χ2v) is 9.28. The molecule has 1 heterocycles. The summed E-state index contributed by atoms with van der Waals surface area (Å²) in [5.41, 5.74) is 1.47. The molecule has 1 aromatic heterocycles. The first-order valence-corrected chi connectivity index (χ1v) is 12.5. The van der Waals surface area contributed by atoms with E-state index in [-0.39, 0.29) is 22.2 Å². The SMILES string of the molecule is COC(=O)Oc1ccc(C(=O)NS(=O)(=O)c2ccc(C(=O)NCCCCc3ccccc3)cc2)cn1. The van der Waals surface area contributed by atoms with Crippen molar-refractivity contribution in [3.05, 3.63) is 89.6 Å². The molecule has 2 N–H and O–H groups in total. The van der Waals surface area contributed by atoms with Crippen molar-refractivity contribution in [2.24, 2.45) is 0 Å². The van der Waals surface area contributed by atoms with Gasteiger partial charge in [0.15, 0.2) is 0 Å². The first-order chi connectivity index (χ1) is 17.3. The number of methoxy groups -OCH3 is 1. The van der Waals surface area contributed by atoms with Gasteiger partial charge >= 0.3 is 6.16 Å². The van der Waals surface area contributed by atoms with Crippen molar-refractivity contribution in [2.75, 3.05) is 13.7 Å². The molecule has 0 saturated carbocycles. The summed E-state index contributed by atoms with van der Waals surface area (Å²) in [5.74, 6) is -1.36. The third kappa shape index (κ3) is 7.64. The number of rotatable bonds is 10. The minimum absolute atomic E-state index is 0.0703. The van der Waals surface area contributed by atoms with Gasteiger partial charge in [0.05, 0.1) is 17.6 Å². The number of nitrogens with one attached hydrogen (secondary N) is 2. The second kappa shape index (κ2) is 12.5. The lowest BCUT2D eigenvalue weighted by Gasteiger charge is -2.09. The Balaban J connectivity index is 1.50. The molecule has 0 aliphatic carbocycles. The fourth-order valence-electron chi connectivity index (χ4n) is 3.13. The van der Waals surface area contributed by atoms with Gasteiger partial charge in [0.25, 0.3) is 21.8 Å². The molecule has 3 rings (SSSR count). The molecule has 0 saturated heterocycles. The van der Waals surface area contributed by atoms with Crippen LogP contribution in [0.3, 0.4) is 0 Å². The molecule has 0 aliphatic heterocycles. The van der Waals surface area contributed by atoms with Gasteiger partial charge in [0.2, 0.25) is 5.88 Å². The zero-order valence-corrected chi connectivity index (χ0v) is 20.3. The molecule has 0 fully saturated rings. The van der Waals surface area contributed by atoms with Gasteiger partial charge in [0, 0.05) is 24.4 Å². The van der Waals surface area contributed by atoms with Gasteiger partial charge in [-0.3, -0.25) is 9.59 Å². The predicted octanol–water partition coefficient (Wildman–Crippen LogP) is 3.10. The summed E-state index contributed by atoms with van der Waals surface area (Å²) in [6.07, 6.45) is 2.73. The Labute approximate surface area is 208 Å². The maximum atomic E-state index is 12.6. The molecule has 0 spiro atoms. The van der Waals surface area contributed by atoms with Crippen LogP contribution in [-0.4, -0.2) is 45.0 Å². The number of benzene rings is 2. The molecule has 10 nitrogen and oxygen atoms in total. The van der Waals surface area contributed by atoms with Gasteiger partial charge in [0.1, 0.15) is 0 Å². The highest BCUT2D eigenvalue weighted by Crippen LogP contribution is 2.13. The number of amides is 2. The van der Waals surface area contributed by atoms with Crippen molar-refractivity contribution in [3.63, 3.8) is 0 Å². The van der Waals surface area contributed by atoms with Gasteiger partial charge in [-0.1, -0.05) is 30.3 Å². The average molecular weight is 512 g/mol. The van der Waals surface area contributed by atoms with E-state index in [0.29, 0.717) is 12.1 Å². The highest BCUT2D eigenvalue weighted by Gasteiger charge is 2.20. The lowest BCUT2D eigenvalue weighted by molar-refractivity contribution is 0.0950. The van der Waals surface area contributed by atoms with Crippen molar-refractivity contribution in [2.45, 2.75) is 24.2 Å². The summed E-state index contributed by atoms with van der Waals surface area (Å²) in [6.45, 7) is 0.499. The van der Waals surface area contributed by atoms with E-state index in [0.717, 1.165) is 32.6 Å². The number of carbonyl (C=O) groups excluding carboxylic acids is 3. The molecule has 0 atom stereocenters. The molecule has 11 heteroatoms. The third-order valence-corrected chi connectivity index (χ3v) is 6.37. The number of hydrogen-bond donors (Lipinski definition) is 2. The van der Waals surface area contributed by atoms with E-state index >= 15 is 0 Å². The summed E-state index contributed by atoms with van der Waals surface area (Å²) in [4.78, 5) is 39.3. The van der Waals surface area contributed by atoms with Gasteiger partial charge in [-0.2, -0.15) is 0 Å². The third-order valence-electron chi connectivity index (χ3n) is 5.03. The van der Waals surface area contributed by atoms with Crippen LogP contribution >= 0.6 is 0 Å². The van der Waals surface area contributed by atoms with E-state index in [1.807, 2.05) is 22.9 Å². The van der Waals surface area contributed by atoms with E-state index in [1.54, 1.807) is 0 Å². The van der Waals surface area contributed by atoms with Crippen LogP contribution in [0.4, 0.5) is 4.79 Å². The van der Waals surface area contributed by atoms with E-state index in [4.69, 9.17) is 4.74 Å². The van der Waals surface area contributed by atoms with Gasteiger partial charge in [-0.25, -0.2) is 22.9 Å².